The Morgan fingerprint density at radius 1 is 1.04 bits per heavy atom. The average Bonchev–Trinajstić information content (AvgIpc) is 3.16. The van der Waals surface area contributed by atoms with Gasteiger partial charge in [0.2, 0.25) is 0 Å². The zero-order chi connectivity index (χ0) is 18.4. The summed E-state index contributed by atoms with van der Waals surface area (Å²) in [7, 11) is 0. The van der Waals surface area contributed by atoms with Gasteiger partial charge in [-0.15, -0.1) is 11.3 Å². The van der Waals surface area contributed by atoms with Crippen molar-refractivity contribution in [2.24, 2.45) is 0 Å². The zero-order valence-corrected chi connectivity index (χ0v) is 14.8. The van der Waals surface area contributed by atoms with Gasteiger partial charge in [-0.2, -0.15) is 0 Å². The molecule has 0 fully saturated rings. The molecule has 0 aliphatic heterocycles. The maximum absolute atomic E-state index is 12.7. The highest BCUT2D eigenvalue weighted by molar-refractivity contribution is 7.15. The van der Waals surface area contributed by atoms with Gasteiger partial charge in [0.15, 0.2) is 10.4 Å². The first-order chi connectivity index (χ1) is 13.2. The van der Waals surface area contributed by atoms with Crippen molar-refractivity contribution < 1.29 is 4.74 Å². The Morgan fingerprint density at radius 2 is 1.89 bits per heavy atom. The molecule has 1 N–H and O–H groups in total. The number of pyridine rings is 1. The third-order valence-electron chi connectivity index (χ3n) is 4.42. The molecule has 0 amide bonds. The monoisotopic (exact) mass is 375 g/mol. The second-order valence-corrected chi connectivity index (χ2v) is 7.01. The quantitative estimate of drug-likeness (QED) is 0.491. The summed E-state index contributed by atoms with van der Waals surface area (Å²) in [6, 6.07) is 14.2. The number of nitrogens with zero attached hydrogens (tertiary/aromatic N) is 2. The third kappa shape index (κ3) is 2.69. The molecule has 0 spiro atoms. The van der Waals surface area contributed by atoms with Gasteiger partial charge in [-0.25, -0.2) is 4.98 Å². The van der Waals surface area contributed by atoms with Gasteiger partial charge in [-0.3, -0.25) is 14.0 Å². The molecular formula is C20H13N3O3S. The van der Waals surface area contributed by atoms with Crippen LogP contribution in [0, 0.1) is 0 Å². The van der Waals surface area contributed by atoms with Crippen LogP contribution in [0.2, 0.25) is 0 Å². The number of hydrogen-bond donors (Lipinski definition) is 1. The fourth-order valence-corrected chi connectivity index (χ4v) is 3.85. The maximum Gasteiger partial charge on any atom is 0.258 e. The number of hydrogen-bond acceptors (Lipinski definition) is 5. The van der Waals surface area contributed by atoms with E-state index in [1.165, 1.54) is 21.8 Å². The van der Waals surface area contributed by atoms with Crippen molar-refractivity contribution in [3.63, 3.8) is 0 Å². The number of thiazole rings is 1. The predicted molar refractivity (Wildman–Crippen MR) is 106 cm³/mol. The number of para-hydroxylation sites is 1. The smallest absolute Gasteiger partial charge is 0.258 e. The number of aromatic amines is 1. The number of rotatable bonds is 3. The molecule has 27 heavy (non-hydrogen) atoms. The molecule has 2 aromatic carbocycles. The van der Waals surface area contributed by atoms with Crippen molar-refractivity contribution in [3.05, 3.63) is 86.4 Å². The number of ether oxygens (including phenoxy) is 1. The fraction of sp³-hybridized carbons (Fsp3) is 0.0500. The standard InChI is InChI=1S/C20H13N3O3S/c24-18-9-12(21-20-23(18)7-8-27-20)11-26-13-5-6-17-15(10-13)19(25)14-3-1-2-4-16(14)22-17/h1-10H,11H2,(H,22,25). The summed E-state index contributed by atoms with van der Waals surface area (Å²) in [6.45, 7) is 0.153. The highest BCUT2D eigenvalue weighted by atomic mass is 32.1. The minimum Gasteiger partial charge on any atom is -0.487 e. The molecule has 0 saturated heterocycles. The summed E-state index contributed by atoms with van der Waals surface area (Å²) in [4.78, 5) is 33.1. The molecule has 3 aromatic heterocycles. The van der Waals surface area contributed by atoms with Crippen molar-refractivity contribution >= 4 is 38.1 Å². The fourth-order valence-electron chi connectivity index (χ4n) is 3.11. The molecule has 0 atom stereocenters. The number of aromatic nitrogens is 3. The lowest BCUT2D eigenvalue weighted by Crippen LogP contribution is -2.14. The molecule has 0 unspecified atom stereocenters. The van der Waals surface area contributed by atoms with Crippen molar-refractivity contribution in [3.8, 4) is 5.75 Å². The normalized spacial score (nSPS) is 11.4. The third-order valence-corrected chi connectivity index (χ3v) is 5.18. The Morgan fingerprint density at radius 3 is 2.81 bits per heavy atom. The van der Waals surface area contributed by atoms with E-state index in [-0.39, 0.29) is 17.6 Å². The van der Waals surface area contributed by atoms with Gasteiger partial charge in [0, 0.05) is 33.9 Å². The molecule has 0 radical (unpaired) electrons. The zero-order valence-electron chi connectivity index (χ0n) is 14.0. The van der Waals surface area contributed by atoms with E-state index in [2.05, 4.69) is 9.97 Å². The Kier molecular flexibility index (Phi) is 3.54. The van der Waals surface area contributed by atoms with Crippen molar-refractivity contribution in [2.75, 3.05) is 0 Å². The average molecular weight is 375 g/mol. The van der Waals surface area contributed by atoms with Crippen LogP contribution < -0.4 is 15.7 Å². The molecule has 3 heterocycles. The van der Waals surface area contributed by atoms with Crippen molar-refractivity contribution in [1.29, 1.82) is 0 Å². The maximum atomic E-state index is 12.7. The van der Waals surface area contributed by atoms with Crippen LogP contribution >= 0.6 is 11.3 Å². The van der Waals surface area contributed by atoms with Crippen LogP contribution in [0.25, 0.3) is 26.8 Å². The summed E-state index contributed by atoms with van der Waals surface area (Å²) in [6.07, 6.45) is 1.69. The Balaban J connectivity index is 1.51. The van der Waals surface area contributed by atoms with E-state index in [0.29, 0.717) is 27.2 Å². The van der Waals surface area contributed by atoms with Crippen LogP contribution in [-0.4, -0.2) is 14.4 Å². The minimum absolute atomic E-state index is 0.0406. The van der Waals surface area contributed by atoms with Crippen LogP contribution in [0.3, 0.4) is 0 Å². The number of H-pyrrole nitrogens is 1. The van der Waals surface area contributed by atoms with Gasteiger partial charge in [-0.05, 0) is 30.3 Å². The molecule has 5 rings (SSSR count). The van der Waals surface area contributed by atoms with Gasteiger partial charge in [0.25, 0.3) is 5.56 Å². The Hall–Kier alpha value is -3.45. The van der Waals surface area contributed by atoms with Gasteiger partial charge in [0.05, 0.1) is 11.2 Å². The van der Waals surface area contributed by atoms with E-state index in [4.69, 9.17) is 4.74 Å². The summed E-state index contributed by atoms with van der Waals surface area (Å²) in [5.41, 5.74) is 1.93. The van der Waals surface area contributed by atoms with Crippen LogP contribution in [0.15, 0.2) is 69.7 Å². The van der Waals surface area contributed by atoms with Crippen molar-refractivity contribution in [1.82, 2.24) is 14.4 Å². The Labute approximate surface area is 156 Å². The summed E-state index contributed by atoms with van der Waals surface area (Å²) in [5.74, 6) is 0.552. The van der Waals surface area contributed by atoms with Gasteiger partial charge < -0.3 is 9.72 Å². The number of nitrogens with one attached hydrogen (secondary N) is 1. The number of benzene rings is 2. The molecule has 0 aliphatic carbocycles. The molecule has 7 heteroatoms. The molecule has 5 aromatic rings. The summed E-state index contributed by atoms with van der Waals surface area (Å²) < 4.78 is 7.28. The SMILES string of the molecule is O=c1c2ccccc2[nH]c2ccc(OCc3cc(=O)n4ccsc4n3)cc12. The van der Waals surface area contributed by atoms with Gasteiger partial charge in [-0.1, -0.05) is 12.1 Å². The van der Waals surface area contributed by atoms with E-state index in [1.54, 1.807) is 24.4 Å². The highest BCUT2D eigenvalue weighted by Gasteiger charge is 2.08. The van der Waals surface area contributed by atoms with E-state index < -0.39 is 0 Å². The van der Waals surface area contributed by atoms with Crippen LogP contribution in [-0.2, 0) is 6.61 Å². The molecule has 0 bridgehead atoms. The topological polar surface area (TPSA) is 76.5 Å². The lowest BCUT2D eigenvalue weighted by atomic mass is 10.1. The van der Waals surface area contributed by atoms with Gasteiger partial charge in [0.1, 0.15) is 12.4 Å². The first kappa shape index (κ1) is 15.8. The van der Waals surface area contributed by atoms with Crippen LogP contribution in [0.4, 0.5) is 0 Å². The predicted octanol–water partition coefficient (Wildman–Crippen LogP) is 3.33. The molecular weight excluding hydrogens is 362 g/mol. The summed E-state index contributed by atoms with van der Waals surface area (Å²) in [5, 5.41) is 3.02. The van der Waals surface area contributed by atoms with E-state index >= 15 is 0 Å². The van der Waals surface area contributed by atoms with E-state index in [0.717, 1.165) is 11.0 Å². The lowest BCUT2D eigenvalue weighted by molar-refractivity contribution is 0.302. The van der Waals surface area contributed by atoms with E-state index in [9.17, 15) is 9.59 Å². The van der Waals surface area contributed by atoms with Gasteiger partial charge >= 0.3 is 0 Å². The second-order valence-electron chi connectivity index (χ2n) is 6.14. The van der Waals surface area contributed by atoms with Crippen LogP contribution in [0.1, 0.15) is 5.69 Å². The highest BCUT2D eigenvalue weighted by Crippen LogP contribution is 2.20. The minimum atomic E-state index is -0.138. The lowest BCUT2D eigenvalue weighted by Gasteiger charge is -2.08. The number of fused-ring (bicyclic) bond motifs is 3. The molecule has 0 aliphatic rings. The summed E-state index contributed by atoms with van der Waals surface area (Å²) >= 11 is 1.39. The molecule has 132 valence electrons. The largest absolute Gasteiger partial charge is 0.487 e. The second kappa shape index (κ2) is 6.07. The van der Waals surface area contributed by atoms with E-state index in [1.807, 2.05) is 29.6 Å². The first-order valence-corrected chi connectivity index (χ1v) is 9.20. The molecule has 0 saturated carbocycles. The van der Waals surface area contributed by atoms with Crippen molar-refractivity contribution in [2.45, 2.75) is 6.61 Å². The van der Waals surface area contributed by atoms with Crippen LogP contribution in [0.5, 0.6) is 5.75 Å². The first-order valence-electron chi connectivity index (χ1n) is 8.32. The Bertz CT molecular complexity index is 1430. The molecule has 6 nitrogen and oxygen atoms in total.